The van der Waals surface area contributed by atoms with Crippen LogP contribution in [0.25, 0.3) is 0 Å². The molecule has 0 heterocycles. The largest absolute Gasteiger partial charge is 0.271 e. The highest BCUT2D eigenvalue weighted by Crippen LogP contribution is 2.31. The highest BCUT2D eigenvalue weighted by Gasteiger charge is 2.20. The van der Waals surface area contributed by atoms with Crippen LogP contribution in [-0.4, -0.2) is 6.04 Å². The maximum absolute atomic E-state index is 5.49. The van der Waals surface area contributed by atoms with Crippen molar-refractivity contribution in [1.82, 2.24) is 5.43 Å². The van der Waals surface area contributed by atoms with Crippen LogP contribution >= 0.6 is 0 Å². The van der Waals surface area contributed by atoms with Crippen molar-refractivity contribution in [2.45, 2.75) is 57.9 Å². The van der Waals surface area contributed by atoms with E-state index >= 15 is 0 Å². The molecule has 0 saturated heterocycles. The fourth-order valence-corrected chi connectivity index (χ4v) is 1.85. The minimum atomic E-state index is 0.579. The molecule has 1 unspecified atom stereocenters. The molecule has 1 rings (SSSR count). The summed E-state index contributed by atoms with van der Waals surface area (Å²) in [5.41, 5.74) is 2.94. The topological polar surface area (TPSA) is 38.0 Å². The lowest BCUT2D eigenvalue weighted by molar-refractivity contribution is 0.253. The van der Waals surface area contributed by atoms with E-state index in [0.29, 0.717) is 6.04 Å². The summed E-state index contributed by atoms with van der Waals surface area (Å²) in [6, 6.07) is 0.579. The zero-order valence-electron chi connectivity index (χ0n) is 8.18. The quantitative estimate of drug-likeness (QED) is 0.474. The molecule has 0 spiro atoms. The van der Waals surface area contributed by atoms with Crippen LogP contribution in [0.15, 0.2) is 0 Å². The number of unbranched alkanes of at least 4 members (excludes halogenated alkanes) is 1. The predicted molar refractivity (Wildman–Crippen MR) is 52.6 cm³/mol. The number of hydrogen-bond donors (Lipinski definition) is 2. The van der Waals surface area contributed by atoms with E-state index in [1.54, 1.807) is 0 Å². The van der Waals surface area contributed by atoms with Crippen LogP contribution in [0.1, 0.15) is 51.9 Å². The summed E-state index contributed by atoms with van der Waals surface area (Å²) in [5, 5.41) is 0. The average Bonchev–Trinajstić information content (AvgIpc) is 2.02. The summed E-state index contributed by atoms with van der Waals surface area (Å²) in [4.78, 5) is 0. The second-order valence-electron chi connectivity index (χ2n) is 4.04. The zero-order valence-corrected chi connectivity index (χ0v) is 8.18. The maximum atomic E-state index is 5.49. The fraction of sp³-hybridized carbons (Fsp3) is 1.00. The Hall–Kier alpha value is -0.0800. The number of rotatable bonds is 6. The Balaban J connectivity index is 2.06. The van der Waals surface area contributed by atoms with E-state index in [0.717, 1.165) is 5.92 Å². The van der Waals surface area contributed by atoms with Crippen molar-refractivity contribution in [3.63, 3.8) is 0 Å². The van der Waals surface area contributed by atoms with Crippen molar-refractivity contribution in [1.29, 1.82) is 0 Å². The molecule has 12 heavy (non-hydrogen) atoms. The minimum Gasteiger partial charge on any atom is -0.271 e. The second kappa shape index (κ2) is 5.55. The summed E-state index contributed by atoms with van der Waals surface area (Å²) in [7, 11) is 0. The standard InChI is InChI=1S/C10H22N2/c1-2-3-7-10(12-11)8-9-5-4-6-9/h9-10,12H,2-8,11H2,1H3. The van der Waals surface area contributed by atoms with Gasteiger partial charge in [-0.1, -0.05) is 39.0 Å². The Kier molecular flexibility index (Phi) is 4.62. The van der Waals surface area contributed by atoms with Gasteiger partial charge in [0.05, 0.1) is 0 Å². The van der Waals surface area contributed by atoms with Gasteiger partial charge in [-0.05, 0) is 18.8 Å². The Morgan fingerprint density at radius 3 is 2.67 bits per heavy atom. The van der Waals surface area contributed by atoms with Gasteiger partial charge in [0.25, 0.3) is 0 Å². The van der Waals surface area contributed by atoms with E-state index in [9.17, 15) is 0 Å². The lowest BCUT2D eigenvalue weighted by Gasteiger charge is -2.29. The highest BCUT2D eigenvalue weighted by atomic mass is 15.2. The van der Waals surface area contributed by atoms with Gasteiger partial charge < -0.3 is 0 Å². The molecule has 0 bridgehead atoms. The molecule has 1 aliphatic rings. The molecule has 72 valence electrons. The molecule has 0 aliphatic heterocycles. The van der Waals surface area contributed by atoms with Gasteiger partial charge in [0.1, 0.15) is 0 Å². The van der Waals surface area contributed by atoms with Gasteiger partial charge in [0.15, 0.2) is 0 Å². The molecular formula is C10H22N2. The lowest BCUT2D eigenvalue weighted by Crippen LogP contribution is -2.37. The summed E-state index contributed by atoms with van der Waals surface area (Å²) < 4.78 is 0. The monoisotopic (exact) mass is 170 g/mol. The molecule has 0 radical (unpaired) electrons. The van der Waals surface area contributed by atoms with Crippen molar-refractivity contribution in [2.75, 3.05) is 0 Å². The van der Waals surface area contributed by atoms with Crippen LogP contribution in [0.5, 0.6) is 0 Å². The van der Waals surface area contributed by atoms with Gasteiger partial charge in [-0.15, -0.1) is 0 Å². The Bertz CT molecular complexity index is 110. The first kappa shape index (κ1) is 10.0. The number of hydrazine groups is 1. The third-order valence-electron chi connectivity index (χ3n) is 2.98. The summed E-state index contributed by atoms with van der Waals surface area (Å²) in [6.45, 7) is 2.23. The van der Waals surface area contributed by atoms with Crippen LogP contribution in [-0.2, 0) is 0 Å². The molecule has 0 aromatic heterocycles. The fourth-order valence-electron chi connectivity index (χ4n) is 1.85. The molecule has 1 saturated carbocycles. The van der Waals surface area contributed by atoms with Gasteiger partial charge in [-0.2, -0.15) is 0 Å². The van der Waals surface area contributed by atoms with E-state index in [4.69, 9.17) is 5.84 Å². The van der Waals surface area contributed by atoms with Gasteiger partial charge in [-0.3, -0.25) is 11.3 Å². The van der Waals surface area contributed by atoms with Crippen molar-refractivity contribution in [3.8, 4) is 0 Å². The van der Waals surface area contributed by atoms with E-state index in [1.165, 1.54) is 44.9 Å². The minimum absolute atomic E-state index is 0.579. The van der Waals surface area contributed by atoms with Gasteiger partial charge in [0.2, 0.25) is 0 Å². The lowest BCUT2D eigenvalue weighted by atomic mass is 9.80. The third-order valence-corrected chi connectivity index (χ3v) is 2.98. The predicted octanol–water partition coefficient (Wildman–Crippen LogP) is 2.20. The molecule has 0 amide bonds. The number of hydrogen-bond acceptors (Lipinski definition) is 2. The Morgan fingerprint density at radius 1 is 1.50 bits per heavy atom. The number of nitrogens with one attached hydrogen (secondary N) is 1. The first-order valence-corrected chi connectivity index (χ1v) is 5.33. The molecule has 2 heteroatoms. The molecule has 2 nitrogen and oxygen atoms in total. The van der Waals surface area contributed by atoms with Gasteiger partial charge in [-0.25, -0.2) is 0 Å². The van der Waals surface area contributed by atoms with Gasteiger partial charge >= 0.3 is 0 Å². The van der Waals surface area contributed by atoms with E-state index in [-0.39, 0.29) is 0 Å². The molecular weight excluding hydrogens is 148 g/mol. The summed E-state index contributed by atoms with van der Waals surface area (Å²) >= 11 is 0. The zero-order chi connectivity index (χ0) is 8.81. The Morgan fingerprint density at radius 2 is 2.25 bits per heavy atom. The van der Waals surface area contributed by atoms with E-state index in [2.05, 4.69) is 12.3 Å². The number of nitrogens with two attached hydrogens (primary N) is 1. The summed E-state index contributed by atoms with van der Waals surface area (Å²) in [6.07, 6.45) is 9.45. The maximum Gasteiger partial charge on any atom is 0.0213 e. The first-order chi connectivity index (χ1) is 5.86. The average molecular weight is 170 g/mol. The van der Waals surface area contributed by atoms with Crippen LogP contribution in [0, 0.1) is 5.92 Å². The summed E-state index contributed by atoms with van der Waals surface area (Å²) in [5.74, 6) is 6.47. The smallest absolute Gasteiger partial charge is 0.0213 e. The van der Waals surface area contributed by atoms with Crippen LogP contribution < -0.4 is 11.3 Å². The molecule has 1 atom stereocenters. The van der Waals surface area contributed by atoms with Crippen molar-refractivity contribution < 1.29 is 0 Å². The molecule has 0 aromatic rings. The van der Waals surface area contributed by atoms with E-state index in [1.807, 2.05) is 0 Å². The molecule has 3 N–H and O–H groups in total. The third kappa shape index (κ3) is 3.11. The van der Waals surface area contributed by atoms with Crippen LogP contribution in [0.3, 0.4) is 0 Å². The van der Waals surface area contributed by atoms with Crippen molar-refractivity contribution in [3.05, 3.63) is 0 Å². The second-order valence-corrected chi connectivity index (χ2v) is 4.04. The highest BCUT2D eigenvalue weighted by molar-refractivity contribution is 4.75. The molecule has 0 aromatic carbocycles. The Labute approximate surface area is 75.9 Å². The van der Waals surface area contributed by atoms with Crippen LogP contribution in [0.2, 0.25) is 0 Å². The SMILES string of the molecule is CCCCC(CC1CCC1)NN. The normalized spacial score (nSPS) is 20.5. The molecule has 1 fully saturated rings. The van der Waals surface area contributed by atoms with Crippen molar-refractivity contribution in [2.24, 2.45) is 11.8 Å². The van der Waals surface area contributed by atoms with Crippen molar-refractivity contribution >= 4 is 0 Å². The first-order valence-electron chi connectivity index (χ1n) is 5.33. The molecule has 1 aliphatic carbocycles. The van der Waals surface area contributed by atoms with Crippen LogP contribution in [0.4, 0.5) is 0 Å². The van der Waals surface area contributed by atoms with E-state index < -0.39 is 0 Å². The van der Waals surface area contributed by atoms with Gasteiger partial charge in [0, 0.05) is 6.04 Å².